The third-order valence-electron chi connectivity index (χ3n) is 4.45. The van der Waals surface area contributed by atoms with Crippen molar-refractivity contribution in [3.63, 3.8) is 0 Å². The first kappa shape index (κ1) is 22.7. The Morgan fingerprint density at radius 3 is 2.65 bits per heavy atom. The lowest BCUT2D eigenvalue weighted by atomic mass is 10.1. The van der Waals surface area contributed by atoms with Crippen LogP contribution < -0.4 is 16.0 Å². The zero-order valence-corrected chi connectivity index (χ0v) is 18.7. The maximum atomic E-state index is 12.8. The molecule has 0 fully saturated rings. The average Bonchev–Trinajstić information content (AvgIpc) is 2.69. The Bertz CT molecular complexity index is 1130. The molecule has 31 heavy (non-hydrogen) atoms. The minimum atomic E-state index is -0.510. The highest BCUT2D eigenvalue weighted by atomic mass is 35.5. The number of hydrogen-bond donors (Lipinski definition) is 3. The van der Waals surface area contributed by atoms with E-state index in [1.807, 2.05) is 13.0 Å². The van der Waals surface area contributed by atoms with Crippen molar-refractivity contribution in [2.45, 2.75) is 13.8 Å². The lowest BCUT2D eigenvalue weighted by Crippen LogP contribution is -2.31. The molecule has 8 nitrogen and oxygen atoms in total. The molecule has 2 heterocycles. The van der Waals surface area contributed by atoms with E-state index in [1.165, 1.54) is 0 Å². The van der Waals surface area contributed by atoms with Gasteiger partial charge in [0.15, 0.2) is 0 Å². The summed E-state index contributed by atoms with van der Waals surface area (Å²) in [7, 11) is 1.56. The number of methoxy groups -OCH3 is 1. The second-order valence-corrected chi connectivity index (χ2v) is 7.52. The molecule has 3 N–H and O–H groups in total. The van der Waals surface area contributed by atoms with Crippen LogP contribution >= 0.6 is 23.2 Å². The molecule has 3 amide bonds. The van der Waals surface area contributed by atoms with Crippen molar-refractivity contribution in [2.24, 2.45) is 0 Å². The number of fused-ring (bicyclic) bond motifs is 1. The minimum absolute atomic E-state index is 0.0154. The van der Waals surface area contributed by atoms with Crippen molar-refractivity contribution in [3.05, 3.63) is 57.5 Å². The molecule has 0 aliphatic heterocycles. The normalized spacial score (nSPS) is 10.7. The summed E-state index contributed by atoms with van der Waals surface area (Å²) in [6.45, 7) is 4.34. The molecule has 0 saturated carbocycles. The van der Waals surface area contributed by atoms with E-state index in [9.17, 15) is 9.59 Å². The van der Waals surface area contributed by atoms with Gasteiger partial charge in [0.1, 0.15) is 5.15 Å². The maximum absolute atomic E-state index is 12.8. The van der Waals surface area contributed by atoms with Gasteiger partial charge in [-0.05, 0) is 31.5 Å². The van der Waals surface area contributed by atoms with Gasteiger partial charge in [-0.15, -0.1) is 0 Å². The number of anilines is 2. The van der Waals surface area contributed by atoms with Gasteiger partial charge >= 0.3 is 6.03 Å². The summed E-state index contributed by atoms with van der Waals surface area (Å²) in [5.74, 6) is -0.510. The quantitative estimate of drug-likeness (QED) is 0.368. The van der Waals surface area contributed by atoms with Gasteiger partial charge < -0.3 is 20.7 Å². The molecule has 0 radical (unpaired) electrons. The molecule has 1 aromatic carbocycles. The number of aromatic nitrogens is 2. The molecule has 0 aliphatic carbocycles. The van der Waals surface area contributed by atoms with Crippen molar-refractivity contribution >= 4 is 57.4 Å². The molecule has 0 aliphatic rings. The van der Waals surface area contributed by atoms with Gasteiger partial charge in [0.2, 0.25) is 0 Å². The molecule has 2 aromatic heterocycles. The van der Waals surface area contributed by atoms with Crippen molar-refractivity contribution in [1.82, 2.24) is 15.3 Å². The monoisotopic (exact) mass is 461 g/mol. The minimum Gasteiger partial charge on any atom is -0.383 e. The molecule has 0 saturated heterocycles. The highest BCUT2D eigenvalue weighted by Crippen LogP contribution is 2.31. The van der Waals surface area contributed by atoms with Crippen LogP contribution in [0.2, 0.25) is 10.2 Å². The van der Waals surface area contributed by atoms with Gasteiger partial charge in [-0.2, -0.15) is 0 Å². The number of benzene rings is 1. The number of ether oxygens (including phenoxy) is 1. The van der Waals surface area contributed by atoms with Crippen molar-refractivity contribution < 1.29 is 14.3 Å². The number of carbonyl (C=O) groups excluding carboxylic acids is 2. The number of halogens is 2. The molecular weight excluding hydrogens is 441 g/mol. The van der Waals surface area contributed by atoms with Crippen molar-refractivity contribution in [1.29, 1.82) is 0 Å². The van der Waals surface area contributed by atoms with Crippen LogP contribution in [0.25, 0.3) is 10.9 Å². The number of rotatable bonds is 6. The summed E-state index contributed by atoms with van der Waals surface area (Å²) in [6.07, 6.45) is 1.62. The fraction of sp³-hybridized carbons (Fsp3) is 0.238. The van der Waals surface area contributed by atoms with Crippen LogP contribution in [0.5, 0.6) is 0 Å². The Labute approximate surface area is 189 Å². The second kappa shape index (κ2) is 9.91. The summed E-state index contributed by atoms with van der Waals surface area (Å²) in [6, 6.07) is 6.46. The van der Waals surface area contributed by atoms with Gasteiger partial charge in [-0.3, -0.25) is 9.78 Å². The first-order valence-corrected chi connectivity index (χ1v) is 10.1. The Morgan fingerprint density at radius 2 is 1.94 bits per heavy atom. The Balaban J connectivity index is 1.93. The molecule has 0 unspecified atom stereocenters. The van der Waals surface area contributed by atoms with E-state index < -0.39 is 5.91 Å². The zero-order chi connectivity index (χ0) is 22.5. The second-order valence-electron chi connectivity index (χ2n) is 6.76. The van der Waals surface area contributed by atoms with Gasteiger partial charge in [0, 0.05) is 30.9 Å². The number of hydrogen-bond acceptors (Lipinski definition) is 5. The number of aryl methyl sites for hydroxylation is 2. The van der Waals surface area contributed by atoms with Crippen LogP contribution in [0, 0.1) is 13.8 Å². The summed E-state index contributed by atoms with van der Waals surface area (Å²) in [5.41, 5.74) is 2.98. The van der Waals surface area contributed by atoms with Crippen LogP contribution in [0.1, 0.15) is 21.6 Å². The summed E-state index contributed by atoms with van der Waals surface area (Å²) < 4.78 is 4.93. The van der Waals surface area contributed by atoms with E-state index >= 15 is 0 Å². The fourth-order valence-corrected chi connectivity index (χ4v) is 3.70. The van der Waals surface area contributed by atoms with Gasteiger partial charge in [-0.1, -0.05) is 35.3 Å². The molecule has 0 atom stereocenters. The first-order chi connectivity index (χ1) is 14.8. The summed E-state index contributed by atoms with van der Waals surface area (Å²) >= 11 is 12.3. The zero-order valence-electron chi connectivity index (χ0n) is 17.2. The summed E-state index contributed by atoms with van der Waals surface area (Å²) in [4.78, 5) is 33.6. The smallest absolute Gasteiger partial charge is 0.319 e. The van der Waals surface area contributed by atoms with Gasteiger partial charge in [0.25, 0.3) is 5.91 Å². The van der Waals surface area contributed by atoms with E-state index in [0.29, 0.717) is 41.1 Å². The SMILES string of the molecule is COCCNC(=O)Nc1c(C)cnc2c(NC(=O)c3c(Cl)cc(C)nc3Cl)cccc12. The van der Waals surface area contributed by atoms with E-state index in [1.54, 1.807) is 38.4 Å². The number of pyridine rings is 2. The molecular formula is C21H21Cl2N5O3. The van der Waals surface area contributed by atoms with Crippen LogP contribution in [-0.2, 0) is 4.74 Å². The Hall–Kier alpha value is -2.94. The third kappa shape index (κ3) is 5.22. The van der Waals surface area contributed by atoms with Crippen molar-refractivity contribution in [3.8, 4) is 0 Å². The predicted molar refractivity (Wildman–Crippen MR) is 122 cm³/mol. The highest BCUT2D eigenvalue weighted by molar-refractivity contribution is 6.39. The van der Waals surface area contributed by atoms with Crippen LogP contribution in [0.3, 0.4) is 0 Å². The van der Waals surface area contributed by atoms with Crippen LogP contribution in [-0.4, -0.2) is 42.2 Å². The fourth-order valence-electron chi connectivity index (χ4n) is 3.00. The van der Waals surface area contributed by atoms with E-state index in [-0.39, 0.29) is 21.8 Å². The van der Waals surface area contributed by atoms with Crippen molar-refractivity contribution in [2.75, 3.05) is 30.9 Å². The number of urea groups is 1. The number of nitrogens with zero attached hydrogens (tertiary/aromatic N) is 2. The largest absolute Gasteiger partial charge is 0.383 e. The molecule has 0 bridgehead atoms. The van der Waals surface area contributed by atoms with E-state index in [4.69, 9.17) is 27.9 Å². The van der Waals surface area contributed by atoms with Crippen LogP contribution in [0.4, 0.5) is 16.2 Å². The first-order valence-electron chi connectivity index (χ1n) is 9.38. The molecule has 162 valence electrons. The van der Waals surface area contributed by atoms with E-state index in [2.05, 4.69) is 25.9 Å². The molecule has 0 spiro atoms. The van der Waals surface area contributed by atoms with E-state index in [0.717, 1.165) is 5.56 Å². The lowest BCUT2D eigenvalue weighted by Gasteiger charge is -2.15. The van der Waals surface area contributed by atoms with Gasteiger partial charge in [0.05, 0.1) is 34.1 Å². The van der Waals surface area contributed by atoms with Crippen LogP contribution in [0.15, 0.2) is 30.5 Å². The topological polar surface area (TPSA) is 105 Å². The predicted octanol–water partition coefficient (Wildman–Crippen LogP) is 4.57. The number of amides is 3. The standard InChI is InChI=1S/C21H21Cl2N5O3/c1-11-10-25-18-13(17(11)28-21(30)24-7-8-31-3)5-4-6-15(18)27-20(29)16-14(22)9-12(2)26-19(16)23/h4-6,9-10H,7-8H2,1-3H3,(H,27,29)(H2,24,25,28,30). The average molecular weight is 462 g/mol. The number of nitrogens with one attached hydrogen (secondary N) is 3. The maximum Gasteiger partial charge on any atom is 0.319 e. The molecule has 3 aromatic rings. The highest BCUT2D eigenvalue weighted by Gasteiger charge is 2.19. The Kier molecular flexibility index (Phi) is 7.27. The number of carbonyl (C=O) groups is 2. The molecule has 10 heteroatoms. The number of para-hydroxylation sites is 1. The third-order valence-corrected chi connectivity index (χ3v) is 5.02. The molecule has 3 rings (SSSR count). The summed E-state index contributed by atoms with van der Waals surface area (Å²) in [5, 5.41) is 9.22. The Morgan fingerprint density at radius 1 is 1.16 bits per heavy atom. The van der Waals surface area contributed by atoms with Gasteiger partial charge in [-0.25, -0.2) is 9.78 Å². The lowest BCUT2D eigenvalue weighted by molar-refractivity contribution is 0.102.